The fourth-order valence-electron chi connectivity index (χ4n) is 2.40. The van der Waals surface area contributed by atoms with Gasteiger partial charge in [-0.1, -0.05) is 13.0 Å². The number of carbonyl (C=O) groups excluding carboxylic acids is 1. The number of thiophene rings is 1. The minimum atomic E-state index is -0.0728. The zero-order chi connectivity index (χ0) is 13.1. The average Bonchev–Trinajstić information content (AvgIpc) is 2.96. The Morgan fingerprint density at radius 3 is 2.94 bits per heavy atom. The molecular formula is C13H20N2O2S. The summed E-state index contributed by atoms with van der Waals surface area (Å²) in [4.78, 5) is 15.5. The van der Waals surface area contributed by atoms with Crippen LogP contribution in [-0.2, 0) is 9.53 Å². The molecule has 1 saturated heterocycles. The molecule has 0 bridgehead atoms. The summed E-state index contributed by atoms with van der Waals surface area (Å²) >= 11 is 1.68. The van der Waals surface area contributed by atoms with E-state index in [2.05, 4.69) is 11.4 Å². The van der Waals surface area contributed by atoms with E-state index in [0.29, 0.717) is 6.61 Å². The molecular weight excluding hydrogens is 248 g/mol. The van der Waals surface area contributed by atoms with Crippen molar-refractivity contribution in [1.82, 2.24) is 10.2 Å². The Bertz CT molecular complexity index is 394. The first-order valence-electron chi connectivity index (χ1n) is 6.29. The van der Waals surface area contributed by atoms with Crippen LogP contribution in [0, 0.1) is 0 Å². The van der Waals surface area contributed by atoms with Crippen molar-refractivity contribution in [2.45, 2.75) is 38.5 Å². The fourth-order valence-corrected chi connectivity index (χ4v) is 3.18. The van der Waals surface area contributed by atoms with Crippen LogP contribution in [0.15, 0.2) is 17.5 Å². The second-order valence-corrected chi connectivity index (χ2v) is 5.57. The third kappa shape index (κ3) is 2.43. The predicted molar refractivity (Wildman–Crippen MR) is 72.5 cm³/mol. The van der Waals surface area contributed by atoms with Gasteiger partial charge in [-0.25, -0.2) is 0 Å². The van der Waals surface area contributed by atoms with Crippen molar-refractivity contribution < 1.29 is 9.53 Å². The summed E-state index contributed by atoms with van der Waals surface area (Å²) in [6.07, 6.45) is 0.810. The van der Waals surface area contributed by atoms with Crippen LogP contribution < -0.4 is 5.32 Å². The van der Waals surface area contributed by atoms with E-state index < -0.39 is 0 Å². The summed E-state index contributed by atoms with van der Waals surface area (Å²) < 4.78 is 5.18. The van der Waals surface area contributed by atoms with Crippen molar-refractivity contribution in [2.24, 2.45) is 0 Å². The molecule has 0 aromatic carbocycles. The topological polar surface area (TPSA) is 41.6 Å². The summed E-state index contributed by atoms with van der Waals surface area (Å²) in [5, 5.41) is 5.46. The van der Waals surface area contributed by atoms with Crippen LogP contribution in [0.2, 0.25) is 0 Å². The Morgan fingerprint density at radius 2 is 2.39 bits per heavy atom. The van der Waals surface area contributed by atoms with E-state index in [4.69, 9.17) is 4.74 Å². The van der Waals surface area contributed by atoms with Gasteiger partial charge in [-0.15, -0.1) is 11.3 Å². The van der Waals surface area contributed by atoms with Gasteiger partial charge in [-0.2, -0.15) is 0 Å². The third-order valence-corrected chi connectivity index (χ3v) is 4.22. The van der Waals surface area contributed by atoms with Gasteiger partial charge in [0.1, 0.15) is 6.17 Å². The van der Waals surface area contributed by atoms with E-state index in [-0.39, 0.29) is 24.2 Å². The molecule has 1 amide bonds. The first-order valence-corrected chi connectivity index (χ1v) is 7.17. The molecule has 2 heterocycles. The number of ether oxygens (including phenoxy) is 1. The lowest BCUT2D eigenvalue weighted by atomic mass is 10.2. The number of rotatable bonds is 5. The lowest BCUT2D eigenvalue weighted by Gasteiger charge is -2.29. The van der Waals surface area contributed by atoms with E-state index >= 15 is 0 Å². The van der Waals surface area contributed by atoms with Crippen molar-refractivity contribution >= 4 is 17.2 Å². The first kappa shape index (κ1) is 13.5. The van der Waals surface area contributed by atoms with Crippen LogP contribution in [0.1, 0.15) is 31.3 Å². The Kier molecular flexibility index (Phi) is 4.37. The molecule has 3 unspecified atom stereocenters. The molecule has 1 aromatic rings. The van der Waals surface area contributed by atoms with Gasteiger partial charge in [0, 0.05) is 12.0 Å². The minimum Gasteiger partial charge on any atom is -0.383 e. The third-order valence-electron chi connectivity index (χ3n) is 3.29. The lowest BCUT2D eigenvalue weighted by molar-refractivity contribution is -0.133. The number of carbonyl (C=O) groups is 1. The Labute approximate surface area is 112 Å². The molecule has 1 aromatic heterocycles. The Morgan fingerprint density at radius 1 is 1.61 bits per heavy atom. The lowest BCUT2D eigenvalue weighted by Crippen LogP contribution is -2.40. The molecule has 18 heavy (non-hydrogen) atoms. The van der Waals surface area contributed by atoms with Crippen LogP contribution in [-0.4, -0.2) is 36.6 Å². The molecule has 0 saturated carbocycles. The van der Waals surface area contributed by atoms with Crippen LogP contribution in [0.25, 0.3) is 0 Å². The zero-order valence-electron chi connectivity index (χ0n) is 11.1. The molecule has 1 fully saturated rings. The first-order chi connectivity index (χ1) is 8.69. The highest BCUT2D eigenvalue weighted by Gasteiger charge is 2.41. The van der Waals surface area contributed by atoms with Gasteiger partial charge in [0.2, 0.25) is 5.91 Å². The normalized spacial score (nSPS) is 25.7. The molecule has 0 radical (unpaired) electrons. The quantitative estimate of drug-likeness (QED) is 0.888. The Hall–Kier alpha value is -0.910. The van der Waals surface area contributed by atoms with E-state index in [1.807, 2.05) is 30.2 Å². The highest BCUT2D eigenvalue weighted by Crippen LogP contribution is 2.31. The molecule has 100 valence electrons. The van der Waals surface area contributed by atoms with Crippen molar-refractivity contribution in [1.29, 1.82) is 0 Å². The average molecular weight is 268 g/mol. The van der Waals surface area contributed by atoms with Crippen molar-refractivity contribution in [3.05, 3.63) is 22.4 Å². The predicted octanol–water partition coefficient (Wildman–Crippen LogP) is 1.99. The van der Waals surface area contributed by atoms with Gasteiger partial charge in [-0.05, 0) is 24.8 Å². The SMILES string of the molecule is CCC1NC(c2cccs2)N(C(C)COC)C1=O. The largest absolute Gasteiger partial charge is 0.383 e. The summed E-state index contributed by atoms with van der Waals surface area (Å²) in [6.45, 7) is 4.62. The summed E-state index contributed by atoms with van der Waals surface area (Å²) in [7, 11) is 1.67. The maximum atomic E-state index is 12.4. The maximum absolute atomic E-state index is 12.4. The van der Waals surface area contributed by atoms with Gasteiger partial charge in [-0.3, -0.25) is 10.1 Å². The van der Waals surface area contributed by atoms with E-state index in [9.17, 15) is 4.79 Å². The molecule has 5 heteroatoms. The maximum Gasteiger partial charge on any atom is 0.241 e. The highest BCUT2D eigenvalue weighted by atomic mass is 32.1. The van der Waals surface area contributed by atoms with E-state index in [1.165, 1.54) is 4.88 Å². The highest BCUT2D eigenvalue weighted by molar-refractivity contribution is 7.10. The molecule has 0 aliphatic carbocycles. The summed E-state index contributed by atoms with van der Waals surface area (Å²) in [5.41, 5.74) is 0. The molecule has 3 atom stereocenters. The van der Waals surface area contributed by atoms with Crippen molar-refractivity contribution in [3.8, 4) is 0 Å². The monoisotopic (exact) mass is 268 g/mol. The zero-order valence-corrected chi connectivity index (χ0v) is 11.9. The minimum absolute atomic E-state index is 0.00685. The fraction of sp³-hybridized carbons (Fsp3) is 0.615. The summed E-state index contributed by atoms with van der Waals surface area (Å²) in [5.74, 6) is 0.181. The number of amides is 1. The Balaban J connectivity index is 2.23. The standard InChI is InChI=1S/C13H20N2O2S/c1-4-10-13(16)15(9(2)8-17-3)12(14-10)11-6-5-7-18-11/h5-7,9-10,12,14H,4,8H2,1-3H3. The van der Waals surface area contributed by atoms with Crippen molar-refractivity contribution in [2.75, 3.05) is 13.7 Å². The van der Waals surface area contributed by atoms with Crippen LogP contribution in [0.4, 0.5) is 0 Å². The van der Waals surface area contributed by atoms with Gasteiger partial charge >= 0.3 is 0 Å². The second-order valence-electron chi connectivity index (χ2n) is 4.60. The number of methoxy groups -OCH3 is 1. The number of hydrogen-bond donors (Lipinski definition) is 1. The molecule has 4 nitrogen and oxygen atoms in total. The van der Waals surface area contributed by atoms with Crippen LogP contribution in [0.3, 0.4) is 0 Å². The van der Waals surface area contributed by atoms with Crippen LogP contribution in [0.5, 0.6) is 0 Å². The van der Waals surface area contributed by atoms with E-state index in [0.717, 1.165) is 6.42 Å². The number of nitrogens with zero attached hydrogens (tertiary/aromatic N) is 1. The second kappa shape index (κ2) is 5.82. The van der Waals surface area contributed by atoms with Gasteiger partial charge < -0.3 is 9.64 Å². The molecule has 2 rings (SSSR count). The van der Waals surface area contributed by atoms with Gasteiger partial charge in [0.25, 0.3) is 0 Å². The molecule has 1 aliphatic heterocycles. The smallest absolute Gasteiger partial charge is 0.241 e. The number of nitrogens with one attached hydrogen (secondary N) is 1. The summed E-state index contributed by atoms with van der Waals surface area (Å²) in [6, 6.07) is 4.10. The van der Waals surface area contributed by atoms with Gasteiger partial charge in [0.05, 0.1) is 18.7 Å². The van der Waals surface area contributed by atoms with Crippen molar-refractivity contribution in [3.63, 3.8) is 0 Å². The molecule has 1 aliphatic rings. The molecule has 1 N–H and O–H groups in total. The van der Waals surface area contributed by atoms with Crippen LogP contribution >= 0.6 is 11.3 Å². The number of hydrogen-bond acceptors (Lipinski definition) is 4. The van der Waals surface area contributed by atoms with E-state index in [1.54, 1.807) is 18.4 Å². The van der Waals surface area contributed by atoms with Gasteiger partial charge in [0.15, 0.2) is 0 Å². The molecule has 0 spiro atoms.